The molecular weight excluding hydrogens is 418 g/mol. The highest BCUT2D eigenvalue weighted by Gasteiger charge is 2.31. The number of rotatable bonds is 7. The molecule has 4 rings (SSSR count). The Labute approximate surface area is 182 Å². The first-order valence-corrected chi connectivity index (χ1v) is 12.8. The summed E-state index contributed by atoms with van der Waals surface area (Å²) in [5, 5.41) is 3.12. The number of carbonyl (C=O) groups is 1. The largest absolute Gasteiger partial charge is 0.419 e. The number of sulfonamides is 1. The quantitative estimate of drug-likeness (QED) is 0.700. The number of amides is 1. The van der Waals surface area contributed by atoms with E-state index in [-0.39, 0.29) is 22.3 Å². The summed E-state index contributed by atoms with van der Waals surface area (Å²) in [6, 6.07) is 4.94. The van der Waals surface area contributed by atoms with Crippen molar-refractivity contribution < 1.29 is 17.6 Å². The first-order chi connectivity index (χ1) is 14.9. The van der Waals surface area contributed by atoms with Crippen molar-refractivity contribution >= 4 is 27.0 Å². The van der Waals surface area contributed by atoms with Crippen molar-refractivity contribution in [1.29, 1.82) is 0 Å². The number of benzene rings is 1. The fourth-order valence-electron chi connectivity index (χ4n) is 4.76. The van der Waals surface area contributed by atoms with Crippen molar-refractivity contribution in [3.05, 3.63) is 28.7 Å². The summed E-state index contributed by atoms with van der Waals surface area (Å²) in [6.45, 7) is 3.27. The van der Waals surface area contributed by atoms with E-state index in [0.717, 1.165) is 19.3 Å². The average Bonchev–Trinajstić information content (AvgIpc) is 3.36. The number of hydrogen-bond donors (Lipinski definition) is 1. The zero-order valence-corrected chi connectivity index (χ0v) is 18.8. The zero-order chi connectivity index (χ0) is 22.0. The molecular formula is C22H31N3O5S. The van der Waals surface area contributed by atoms with E-state index in [4.69, 9.17) is 4.42 Å². The van der Waals surface area contributed by atoms with Crippen LogP contribution in [0.2, 0.25) is 0 Å². The molecule has 2 heterocycles. The molecule has 1 N–H and O–H groups in total. The molecule has 1 amide bonds. The van der Waals surface area contributed by atoms with E-state index in [2.05, 4.69) is 5.32 Å². The lowest BCUT2D eigenvalue weighted by Gasteiger charge is -2.31. The van der Waals surface area contributed by atoms with Gasteiger partial charge in [-0.2, -0.15) is 4.31 Å². The van der Waals surface area contributed by atoms with Crippen LogP contribution in [-0.2, 0) is 21.4 Å². The van der Waals surface area contributed by atoms with Gasteiger partial charge in [0, 0.05) is 38.2 Å². The number of fused-ring (bicyclic) bond motifs is 1. The van der Waals surface area contributed by atoms with Crippen LogP contribution >= 0.6 is 0 Å². The molecule has 9 heteroatoms. The number of carbonyl (C=O) groups excluding carboxylic acids is 1. The van der Waals surface area contributed by atoms with Crippen LogP contribution in [0.5, 0.6) is 0 Å². The first kappa shape index (κ1) is 22.1. The van der Waals surface area contributed by atoms with Crippen LogP contribution in [0.3, 0.4) is 0 Å². The van der Waals surface area contributed by atoms with Crippen molar-refractivity contribution in [2.24, 2.45) is 5.92 Å². The van der Waals surface area contributed by atoms with Crippen LogP contribution in [0.25, 0.3) is 11.1 Å². The van der Waals surface area contributed by atoms with E-state index in [1.54, 1.807) is 12.1 Å². The Morgan fingerprint density at radius 3 is 2.55 bits per heavy atom. The summed E-state index contributed by atoms with van der Waals surface area (Å²) >= 11 is 0. The Balaban J connectivity index is 1.39. The summed E-state index contributed by atoms with van der Waals surface area (Å²) < 4.78 is 34.5. The maximum atomic E-state index is 13.1. The molecule has 0 atom stereocenters. The molecule has 0 radical (unpaired) electrons. The Kier molecular flexibility index (Phi) is 6.52. The Morgan fingerprint density at radius 1 is 1.16 bits per heavy atom. The number of nitrogens with one attached hydrogen (secondary N) is 1. The maximum absolute atomic E-state index is 13.1. The zero-order valence-electron chi connectivity index (χ0n) is 18.0. The molecule has 1 saturated carbocycles. The van der Waals surface area contributed by atoms with Gasteiger partial charge < -0.3 is 9.73 Å². The Hall–Kier alpha value is -2.13. The summed E-state index contributed by atoms with van der Waals surface area (Å²) in [5.41, 5.74) is 0.899. The minimum atomic E-state index is -3.68. The molecule has 2 aromatic rings. The van der Waals surface area contributed by atoms with Gasteiger partial charge in [0.05, 0.1) is 10.4 Å². The fraction of sp³-hybridized carbons (Fsp3) is 0.636. The van der Waals surface area contributed by atoms with Crippen molar-refractivity contribution in [2.45, 2.75) is 75.8 Å². The molecule has 1 aromatic carbocycles. The minimum absolute atomic E-state index is 0.0882. The molecule has 0 bridgehead atoms. The van der Waals surface area contributed by atoms with Crippen molar-refractivity contribution in [3.8, 4) is 0 Å². The molecule has 1 aliphatic heterocycles. The molecule has 8 nitrogen and oxygen atoms in total. The normalized spacial score (nSPS) is 19.3. The molecule has 170 valence electrons. The van der Waals surface area contributed by atoms with Crippen LogP contribution in [0, 0.1) is 5.92 Å². The summed E-state index contributed by atoms with van der Waals surface area (Å²) in [6.07, 6.45) is 7.07. The predicted molar refractivity (Wildman–Crippen MR) is 117 cm³/mol. The second kappa shape index (κ2) is 9.16. The monoisotopic (exact) mass is 449 g/mol. The molecule has 2 aliphatic rings. The number of nitrogens with zero attached hydrogens (tertiary/aromatic N) is 2. The van der Waals surface area contributed by atoms with Crippen LogP contribution < -0.4 is 11.1 Å². The lowest BCUT2D eigenvalue weighted by molar-refractivity contribution is -0.122. The van der Waals surface area contributed by atoms with Gasteiger partial charge in [-0.1, -0.05) is 19.8 Å². The molecule has 1 aromatic heterocycles. The number of aryl methyl sites for hydroxylation is 1. The van der Waals surface area contributed by atoms with E-state index in [1.807, 2.05) is 6.92 Å². The molecule has 0 unspecified atom stereocenters. The molecule has 0 spiro atoms. The third-order valence-electron chi connectivity index (χ3n) is 6.49. The van der Waals surface area contributed by atoms with Crippen LogP contribution in [0.4, 0.5) is 0 Å². The number of oxazole rings is 1. The fourth-order valence-corrected chi connectivity index (χ4v) is 6.25. The minimum Gasteiger partial charge on any atom is -0.408 e. The molecule has 31 heavy (non-hydrogen) atoms. The highest BCUT2D eigenvalue weighted by Crippen LogP contribution is 2.28. The number of aromatic nitrogens is 1. The summed E-state index contributed by atoms with van der Waals surface area (Å²) in [7, 11) is -3.68. The standard InChI is InChI=1S/C22H31N3O5S/c1-2-11-25-19-8-7-18(15-20(19)30-22(25)27)31(28,29)24-12-9-16(10-13-24)14-21(26)23-17-5-3-4-6-17/h7-8,15-17H,2-6,9-14H2,1H3,(H,23,26). The van der Waals surface area contributed by atoms with Crippen molar-refractivity contribution in [2.75, 3.05) is 13.1 Å². The van der Waals surface area contributed by atoms with Gasteiger partial charge in [-0.15, -0.1) is 0 Å². The van der Waals surface area contributed by atoms with E-state index in [0.29, 0.717) is 50.5 Å². The van der Waals surface area contributed by atoms with Gasteiger partial charge in [-0.25, -0.2) is 13.2 Å². The predicted octanol–water partition coefficient (Wildman–Crippen LogP) is 2.85. The van der Waals surface area contributed by atoms with Crippen molar-refractivity contribution in [1.82, 2.24) is 14.2 Å². The van der Waals surface area contributed by atoms with E-state index < -0.39 is 15.8 Å². The van der Waals surface area contributed by atoms with Gasteiger partial charge >= 0.3 is 5.76 Å². The molecule has 1 saturated heterocycles. The van der Waals surface area contributed by atoms with Crippen molar-refractivity contribution in [3.63, 3.8) is 0 Å². The first-order valence-electron chi connectivity index (χ1n) is 11.3. The topological polar surface area (TPSA) is 102 Å². The average molecular weight is 450 g/mol. The third-order valence-corrected chi connectivity index (χ3v) is 8.39. The third kappa shape index (κ3) is 4.72. The van der Waals surface area contributed by atoms with Gasteiger partial charge in [0.25, 0.3) is 0 Å². The number of piperidine rings is 1. The van der Waals surface area contributed by atoms with E-state index >= 15 is 0 Å². The van der Waals surface area contributed by atoms with Gasteiger partial charge in [-0.3, -0.25) is 9.36 Å². The maximum Gasteiger partial charge on any atom is 0.419 e. The number of hydrogen-bond acceptors (Lipinski definition) is 5. The Bertz CT molecular complexity index is 1090. The van der Waals surface area contributed by atoms with Gasteiger partial charge in [0.15, 0.2) is 5.58 Å². The van der Waals surface area contributed by atoms with Crippen LogP contribution in [-0.4, -0.2) is 42.3 Å². The summed E-state index contributed by atoms with van der Waals surface area (Å²) in [4.78, 5) is 24.4. The van der Waals surface area contributed by atoms with Crippen LogP contribution in [0.15, 0.2) is 32.3 Å². The summed E-state index contributed by atoms with van der Waals surface area (Å²) in [5.74, 6) is -0.176. The second-order valence-electron chi connectivity index (χ2n) is 8.75. The Morgan fingerprint density at radius 2 is 1.87 bits per heavy atom. The highest BCUT2D eigenvalue weighted by molar-refractivity contribution is 7.89. The lowest BCUT2D eigenvalue weighted by atomic mass is 9.94. The van der Waals surface area contributed by atoms with Gasteiger partial charge in [0.1, 0.15) is 0 Å². The SMILES string of the molecule is CCCn1c(=O)oc2cc(S(=O)(=O)N3CCC(CC(=O)NC4CCCC4)CC3)ccc21. The second-order valence-corrected chi connectivity index (χ2v) is 10.7. The highest BCUT2D eigenvalue weighted by atomic mass is 32.2. The molecule has 2 fully saturated rings. The van der Waals surface area contributed by atoms with E-state index in [1.165, 1.54) is 27.8 Å². The smallest absolute Gasteiger partial charge is 0.408 e. The van der Waals surface area contributed by atoms with E-state index in [9.17, 15) is 18.0 Å². The van der Waals surface area contributed by atoms with Crippen LogP contribution in [0.1, 0.15) is 58.3 Å². The molecule has 1 aliphatic carbocycles. The lowest BCUT2D eigenvalue weighted by Crippen LogP contribution is -2.40. The van der Waals surface area contributed by atoms with Gasteiger partial charge in [-0.05, 0) is 50.2 Å². The van der Waals surface area contributed by atoms with Gasteiger partial charge in [0.2, 0.25) is 15.9 Å².